The summed E-state index contributed by atoms with van der Waals surface area (Å²) in [6.07, 6.45) is 3.14. The van der Waals surface area contributed by atoms with Crippen LogP contribution in [0.15, 0.2) is 42.5 Å². The lowest BCUT2D eigenvalue weighted by Crippen LogP contribution is -1.99. The molecule has 0 aliphatic heterocycles. The summed E-state index contributed by atoms with van der Waals surface area (Å²) in [5.41, 5.74) is 10.4. The number of benzene rings is 2. The molecule has 0 aliphatic carbocycles. The van der Waals surface area contributed by atoms with Gasteiger partial charge in [0.15, 0.2) is 0 Å². The molecule has 0 unspecified atom stereocenters. The number of aromatic amines is 1. The summed E-state index contributed by atoms with van der Waals surface area (Å²) >= 11 is 8.72. The highest BCUT2D eigenvalue weighted by molar-refractivity contribution is 14.1. The lowest BCUT2D eigenvalue weighted by Gasteiger charge is -2.06. The summed E-state index contributed by atoms with van der Waals surface area (Å²) < 4.78 is 1.23. The van der Waals surface area contributed by atoms with Gasteiger partial charge < -0.3 is 10.7 Å². The number of unbranched alkanes of at least 4 members (excludes halogenated alkanes) is 1. The maximum atomic E-state index is 6.37. The maximum absolute atomic E-state index is 6.37. The third-order valence-corrected chi connectivity index (χ3v) is 4.87. The second-order valence-electron chi connectivity index (χ2n) is 5.40. The molecule has 1 heterocycles. The van der Waals surface area contributed by atoms with Crippen LogP contribution in [0.1, 0.15) is 18.4 Å². The van der Waals surface area contributed by atoms with E-state index in [1.165, 1.54) is 25.8 Å². The highest BCUT2D eigenvalue weighted by Crippen LogP contribution is 2.35. The number of rotatable bonds is 5. The fourth-order valence-electron chi connectivity index (χ4n) is 2.83. The molecule has 22 heavy (non-hydrogen) atoms. The van der Waals surface area contributed by atoms with E-state index in [2.05, 4.69) is 57.9 Å². The molecular weight excluding hydrogens is 407 g/mol. The minimum absolute atomic E-state index is 0.738. The Hall–Kier alpha value is -1.04. The number of aromatic nitrogens is 1. The second-order valence-corrected chi connectivity index (χ2v) is 7.05. The molecule has 4 heteroatoms. The molecule has 1 aromatic heterocycles. The summed E-state index contributed by atoms with van der Waals surface area (Å²) in [6.45, 7) is 0.738. The normalized spacial score (nSPS) is 11.2. The van der Waals surface area contributed by atoms with Crippen molar-refractivity contribution in [2.75, 3.05) is 6.54 Å². The Morgan fingerprint density at radius 2 is 1.91 bits per heavy atom. The first-order chi connectivity index (χ1) is 10.7. The molecule has 0 spiro atoms. The summed E-state index contributed by atoms with van der Waals surface area (Å²) in [7, 11) is 0. The van der Waals surface area contributed by atoms with Crippen molar-refractivity contribution in [2.45, 2.75) is 19.3 Å². The van der Waals surface area contributed by atoms with Gasteiger partial charge in [-0.05, 0) is 77.7 Å². The van der Waals surface area contributed by atoms with E-state index in [0.29, 0.717) is 0 Å². The van der Waals surface area contributed by atoms with Gasteiger partial charge >= 0.3 is 0 Å². The summed E-state index contributed by atoms with van der Waals surface area (Å²) in [6, 6.07) is 14.6. The van der Waals surface area contributed by atoms with Crippen LogP contribution in [0.4, 0.5) is 0 Å². The van der Waals surface area contributed by atoms with Crippen molar-refractivity contribution in [3.63, 3.8) is 0 Å². The third kappa shape index (κ3) is 3.16. The van der Waals surface area contributed by atoms with Crippen LogP contribution < -0.4 is 5.73 Å². The van der Waals surface area contributed by atoms with Crippen molar-refractivity contribution in [2.24, 2.45) is 5.73 Å². The molecule has 0 atom stereocenters. The lowest BCUT2D eigenvalue weighted by molar-refractivity contribution is 0.748. The van der Waals surface area contributed by atoms with Crippen molar-refractivity contribution < 1.29 is 0 Å². The van der Waals surface area contributed by atoms with Crippen LogP contribution >= 0.6 is 34.2 Å². The van der Waals surface area contributed by atoms with Gasteiger partial charge in [0.2, 0.25) is 0 Å². The molecule has 3 N–H and O–H groups in total. The van der Waals surface area contributed by atoms with Gasteiger partial charge in [0.1, 0.15) is 0 Å². The minimum atomic E-state index is 0.738. The quantitative estimate of drug-likeness (QED) is 0.419. The molecule has 0 radical (unpaired) electrons. The number of hydrogen-bond donors (Lipinski definition) is 2. The highest BCUT2D eigenvalue weighted by atomic mass is 127. The molecule has 0 saturated carbocycles. The first-order valence-corrected chi connectivity index (χ1v) is 8.91. The standard InChI is InChI=1S/C18H18ClIN2/c19-16-9-4-8-15-14(7-1-2-10-21)17(22-18(15)16)12-5-3-6-13(20)11-12/h3-6,8-9,11,22H,1-2,7,10,21H2. The molecule has 0 saturated heterocycles. The summed E-state index contributed by atoms with van der Waals surface area (Å²) in [5, 5.41) is 1.99. The Kier molecular flexibility index (Phi) is 5.06. The fraction of sp³-hybridized carbons (Fsp3) is 0.222. The van der Waals surface area contributed by atoms with Gasteiger partial charge in [-0.15, -0.1) is 0 Å². The van der Waals surface area contributed by atoms with Crippen LogP contribution in [0.25, 0.3) is 22.2 Å². The Morgan fingerprint density at radius 3 is 2.68 bits per heavy atom. The maximum Gasteiger partial charge on any atom is 0.0651 e. The van der Waals surface area contributed by atoms with Crippen molar-refractivity contribution in [1.82, 2.24) is 4.98 Å². The third-order valence-electron chi connectivity index (χ3n) is 3.88. The molecule has 2 nitrogen and oxygen atoms in total. The number of nitrogens with two attached hydrogens (primary N) is 1. The monoisotopic (exact) mass is 424 g/mol. The van der Waals surface area contributed by atoms with E-state index in [-0.39, 0.29) is 0 Å². The Morgan fingerprint density at radius 1 is 1.09 bits per heavy atom. The minimum Gasteiger partial charge on any atom is -0.353 e. The number of aryl methyl sites for hydroxylation is 1. The number of H-pyrrole nitrogens is 1. The zero-order chi connectivity index (χ0) is 15.5. The number of para-hydroxylation sites is 1. The summed E-state index contributed by atoms with van der Waals surface area (Å²) in [5.74, 6) is 0. The van der Waals surface area contributed by atoms with E-state index < -0.39 is 0 Å². The van der Waals surface area contributed by atoms with Crippen molar-refractivity contribution in [3.8, 4) is 11.3 Å². The van der Waals surface area contributed by atoms with E-state index in [1.807, 2.05) is 12.1 Å². The van der Waals surface area contributed by atoms with Gasteiger partial charge in [-0.25, -0.2) is 0 Å². The van der Waals surface area contributed by atoms with E-state index in [4.69, 9.17) is 17.3 Å². The molecule has 114 valence electrons. The van der Waals surface area contributed by atoms with Gasteiger partial charge in [0.25, 0.3) is 0 Å². The molecule has 3 rings (SSSR count). The zero-order valence-electron chi connectivity index (χ0n) is 12.2. The number of hydrogen-bond acceptors (Lipinski definition) is 1. The van der Waals surface area contributed by atoms with Crippen LogP contribution in [0.3, 0.4) is 0 Å². The molecule has 0 amide bonds. The molecule has 0 aliphatic rings. The zero-order valence-corrected chi connectivity index (χ0v) is 15.1. The Labute approximate surface area is 149 Å². The number of fused-ring (bicyclic) bond motifs is 1. The van der Waals surface area contributed by atoms with Crippen LogP contribution in [0.5, 0.6) is 0 Å². The number of halogens is 2. The van der Waals surface area contributed by atoms with Crippen LogP contribution in [-0.2, 0) is 6.42 Å². The van der Waals surface area contributed by atoms with Gasteiger partial charge in [-0.2, -0.15) is 0 Å². The van der Waals surface area contributed by atoms with Crippen molar-refractivity contribution >= 4 is 45.1 Å². The highest BCUT2D eigenvalue weighted by Gasteiger charge is 2.14. The average Bonchev–Trinajstić information content (AvgIpc) is 2.88. The molecule has 3 aromatic rings. The predicted molar refractivity (Wildman–Crippen MR) is 103 cm³/mol. The molecular formula is C18H18ClIN2. The topological polar surface area (TPSA) is 41.8 Å². The van der Waals surface area contributed by atoms with E-state index in [0.717, 1.165) is 36.3 Å². The predicted octanol–water partition coefficient (Wildman–Crippen LogP) is 5.37. The van der Waals surface area contributed by atoms with E-state index in [9.17, 15) is 0 Å². The van der Waals surface area contributed by atoms with Crippen molar-refractivity contribution in [3.05, 3.63) is 56.6 Å². The summed E-state index contributed by atoms with van der Waals surface area (Å²) in [4.78, 5) is 3.54. The molecule has 0 fully saturated rings. The van der Waals surface area contributed by atoms with E-state index in [1.54, 1.807) is 0 Å². The van der Waals surface area contributed by atoms with Crippen LogP contribution in [0.2, 0.25) is 5.02 Å². The first kappa shape index (κ1) is 15.8. The number of nitrogens with one attached hydrogen (secondary N) is 1. The first-order valence-electron chi connectivity index (χ1n) is 7.46. The molecule has 2 aromatic carbocycles. The average molecular weight is 425 g/mol. The fourth-order valence-corrected chi connectivity index (χ4v) is 3.60. The SMILES string of the molecule is NCCCCc1c(-c2cccc(I)c2)[nH]c2c(Cl)cccc12. The van der Waals surface area contributed by atoms with E-state index >= 15 is 0 Å². The second kappa shape index (κ2) is 7.02. The van der Waals surface area contributed by atoms with Crippen molar-refractivity contribution in [1.29, 1.82) is 0 Å². The Bertz CT molecular complexity index is 795. The largest absolute Gasteiger partial charge is 0.353 e. The van der Waals surface area contributed by atoms with Crippen LogP contribution in [-0.4, -0.2) is 11.5 Å². The van der Waals surface area contributed by atoms with Crippen LogP contribution in [0, 0.1) is 3.57 Å². The van der Waals surface area contributed by atoms with Gasteiger partial charge in [-0.1, -0.05) is 35.9 Å². The smallest absolute Gasteiger partial charge is 0.0651 e. The van der Waals surface area contributed by atoms with Gasteiger partial charge in [0, 0.05) is 14.7 Å². The lowest BCUT2D eigenvalue weighted by atomic mass is 10.0. The Balaban J connectivity index is 2.15. The molecule has 0 bridgehead atoms. The van der Waals surface area contributed by atoms with Gasteiger partial charge in [0.05, 0.1) is 10.5 Å². The van der Waals surface area contributed by atoms with Gasteiger partial charge in [-0.3, -0.25) is 0 Å².